The molecule has 0 amide bonds. The van der Waals surface area contributed by atoms with E-state index in [1.54, 1.807) is 0 Å². The predicted octanol–water partition coefficient (Wildman–Crippen LogP) is -1.18. The van der Waals surface area contributed by atoms with Crippen molar-refractivity contribution in [1.82, 2.24) is 0 Å². The molecular formula is C2H6N2O3S. The summed E-state index contributed by atoms with van der Waals surface area (Å²) in [6.07, 6.45) is 0.898. The fourth-order valence-corrected chi connectivity index (χ4v) is 0.412. The zero-order valence-electron chi connectivity index (χ0n) is 3.98. The summed E-state index contributed by atoms with van der Waals surface area (Å²) < 4.78 is 27.6. The second kappa shape index (κ2) is 2.63. The molecule has 0 heterocycles. The first-order valence-electron chi connectivity index (χ1n) is 1.73. The second-order valence-corrected chi connectivity index (χ2v) is 2.58. The highest BCUT2D eigenvalue weighted by molar-refractivity contribution is 7.86. The molecule has 5 nitrogen and oxygen atoms in total. The Morgan fingerprint density at radius 1 is 1.75 bits per heavy atom. The van der Waals surface area contributed by atoms with E-state index in [0.717, 1.165) is 6.21 Å². The largest absolute Gasteiger partial charge is 0.324 e. The van der Waals surface area contributed by atoms with Gasteiger partial charge in [-0.25, -0.2) is 0 Å². The number of rotatable bonds is 2. The van der Waals surface area contributed by atoms with Crippen molar-refractivity contribution in [3.63, 3.8) is 0 Å². The standard InChI is InChI=1S/C2H6N2O3S/c3-4-1-2-8(5,6)7/h1H,2-3H2,(H,5,6,7). The van der Waals surface area contributed by atoms with E-state index in [4.69, 9.17) is 4.55 Å². The lowest BCUT2D eigenvalue weighted by Crippen LogP contribution is -2.05. The highest BCUT2D eigenvalue weighted by atomic mass is 32.2. The van der Waals surface area contributed by atoms with Crippen molar-refractivity contribution in [3.05, 3.63) is 0 Å². The van der Waals surface area contributed by atoms with Crippen molar-refractivity contribution in [2.75, 3.05) is 5.75 Å². The van der Waals surface area contributed by atoms with Crippen LogP contribution in [-0.4, -0.2) is 24.9 Å². The normalized spacial score (nSPS) is 12.6. The average Bonchev–Trinajstić information content (AvgIpc) is 1.59. The van der Waals surface area contributed by atoms with Crippen LogP contribution in [-0.2, 0) is 10.1 Å². The summed E-state index contributed by atoms with van der Waals surface area (Å²) >= 11 is 0. The van der Waals surface area contributed by atoms with Crippen LogP contribution in [0.25, 0.3) is 0 Å². The monoisotopic (exact) mass is 138 g/mol. The molecule has 0 saturated carbocycles. The molecule has 48 valence electrons. The van der Waals surface area contributed by atoms with Crippen LogP contribution in [0.5, 0.6) is 0 Å². The minimum Gasteiger partial charge on any atom is -0.324 e. The van der Waals surface area contributed by atoms with Crippen LogP contribution >= 0.6 is 0 Å². The molecular weight excluding hydrogens is 132 g/mol. The molecule has 0 rings (SSSR count). The smallest absolute Gasteiger partial charge is 0.270 e. The van der Waals surface area contributed by atoms with Crippen LogP contribution in [0, 0.1) is 0 Å². The highest BCUT2D eigenvalue weighted by Gasteiger charge is 1.98. The van der Waals surface area contributed by atoms with E-state index in [1.165, 1.54) is 0 Å². The lowest BCUT2D eigenvalue weighted by atomic mass is 10.9. The van der Waals surface area contributed by atoms with Gasteiger partial charge in [0, 0.05) is 6.21 Å². The Morgan fingerprint density at radius 2 is 2.25 bits per heavy atom. The van der Waals surface area contributed by atoms with E-state index >= 15 is 0 Å². The van der Waals surface area contributed by atoms with Gasteiger partial charge in [0.2, 0.25) is 0 Å². The SMILES string of the molecule is NN=CCS(=O)(=O)O. The summed E-state index contributed by atoms with van der Waals surface area (Å²) in [5.74, 6) is 4.01. The number of hydrogen-bond acceptors (Lipinski definition) is 4. The summed E-state index contributed by atoms with van der Waals surface area (Å²) in [6.45, 7) is 0. The van der Waals surface area contributed by atoms with Gasteiger partial charge in [-0.1, -0.05) is 0 Å². The average molecular weight is 138 g/mol. The molecule has 0 aliphatic heterocycles. The zero-order valence-corrected chi connectivity index (χ0v) is 4.80. The summed E-state index contributed by atoms with van der Waals surface area (Å²) in [7, 11) is -3.92. The van der Waals surface area contributed by atoms with Crippen LogP contribution in [0.15, 0.2) is 5.10 Å². The minimum absolute atomic E-state index is 0.524. The van der Waals surface area contributed by atoms with Crippen LogP contribution in [0.1, 0.15) is 0 Å². The number of hydrogen-bond donors (Lipinski definition) is 2. The molecule has 0 radical (unpaired) electrons. The van der Waals surface area contributed by atoms with E-state index in [-0.39, 0.29) is 0 Å². The summed E-state index contributed by atoms with van der Waals surface area (Å²) in [5.41, 5.74) is 0. The molecule has 0 aromatic carbocycles. The minimum atomic E-state index is -3.92. The third kappa shape index (κ3) is 5.38. The lowest BCUT2D eigenvalue weighted by molar-refractivity contribution is 0.488. The lowest BCUT2D eigenvalue weighted by Gasteiger charge is -1.83. The molecule has 0 aromatic rings. The van der Waals surface area contributed by atoms with Crippen LogP contribution in [0.4, 0.5) is 0 Å². The van der Waals surface area contributed by atoms with Crippen molar-refractivity contribution >= 4 is 16.3 Å². The van der Waals surface area contributed by atoms with Crippen LogP contribution in [0.3, 0.4) is 0 Å². The Kier molecular flexibility index (Phi) is 2.43. The van der Waals surface area contributed by atoms with Crippen molar-refractivity contribution in [1.29, 1.82) is 0 Å². The molecule has 0 bridgehead atoms. The molecule has 0 fully saturated rings. The van der Waals surface area contributed by atoms with E-state index in [9.17, 15) is 8.42 Å². The first-order valence-corrected chi connectivity index (χ1v) is 3.34. The topological polar surface area (TPSA) is 92.8 Å². The number of nitrogens with zero attached hydrogens (tertiary/aromatic N) is 1. The maximum absolute atomic E-state index is 9.80. The van der Waals surface area contributed by atoms with Crippen molar-refractivity contribution in [3.8, 4) is 0 Å². The second-order valence-electron chi connectivity index (χ2n) is 1.08. The maximum Gasteiger partial charge on any atom is 0.270 e. The van der Waals surface area contributed by atoms with Gasteiger partial charge in [0.25, 0.3) is 10.1 Å². The van der Waals surface area contributed by atoms with Gasteiger partial charge in [0.05, 0.1) is 0 Å². The first-order chi connectivity index (χ1) is 3.56. The van der Waals surface area contributed by atoms with Crippen LogP contribution in [0.2, 0.25) is 0 Å². The molecule has 0 spiro atoms. The molecule has 3 N–H and O–H groups in total. The van der Waals surface area contributed by atoms with Crippen LogP contribution < -0.4 is 5.84 Å². The summed E-state index contributed by atoms with van der Waals surface area (Å²) in [4.78, 5) is 0. The molecule has 0 atom stereocenters. The molecule has 0 unspecified atom stereocenters. The quantitative estimate of drug-likeness (QED) is 0.217. The highest BCUT2D eigenvalue weighted by Crippen LogP contribution is 1.74. The first kappa shape index (κ1) is 7.38. The van der Waals surface area contributed by atoms with Gasteiger partial charge in [-0.2, -0.15) is 13.5 Å². The summed E-state index contributed by atoms with van der Waals surface area (Å²) in [5, 5.41) is 2.86. The third-order valence-electron chi connectivity index (χ3n) is 0.391. The molecule has 0 aromatic heterocycles. The van der Waals surface area contributed by atoms with Crippen molar-refractivity contribution in [2.45, 2.75) is 0 Å². The van der Waals surface area contributed by atoms with E-state index < -0.39 is 15.9 Å². The van der Waals surface area contributed by atoms with E-state index in [0.29, 0.717) is 0 Å². The molecule has 0 saturated heterocycles. The molecule has 8 heavy (non-hydrogen) atoms. The number of hydrazone groups is 1. The Balaban J connectivity index is 3.76. The fourth-order valence-electron chi connectivity index (χ4n) is 0.137. The Labute approximate surface area is 46.9 Å². The molecule has 0 aliphatic rings. The van der Waals surface area contributed by atoms with Gasteiger partial charge in [-0.05, 0) is 0 Å². The fraction of sp³-hybridized carbons (Fsp3) is 0.500. The Bertz CT molecular complexity index is 170. The Hall–Kier alpha value is -0.620. The van der Waals surface area contributed by atoms with Gasteiger partial charge in [0.15, 0.2) is 0 Å². The van der Waals surface area contributed by atoms with Gasteiger partial charge in [0.1, 0.15) is 5.75 Å². The maximum atomic E-state index is 9.80. The van der Waals surface area contributed by atoms with Gasteiger partial charge < -0.3 is 5.84 Å². The van der Waals surface area contributed by atoms with Gasteiger partial charge >= 0.3 is 0 Å². The molecule has 0 aliphatic carbocycles. The van der Waals surface area contributed by atoms with E-state index in [2.05, 4.69) is 10.9 Å². The predicted molar refractivity (Wildman–Crippen MR) is 29.1 cm³/mol. The summed E-state index contributed by atoms with van der Waals surface area (Å²) in [6, 6.07) is 0. The van der Waals surface area contributed by atoms with E-state index in [1.807, 2.05) is 0 Å². The number of nitrogens with two attached hydrogens (primary N) is 1. The van der Waals surface area contributed by atoms with Gasteiger partial charge in [-0.3, -0.25) is 4.55 Å². The zero-order chi connectivity index (χ0) is 6.62. The van der Waals surface area contributed by atoms with Gasteiger partial charge in [-0.15, -0.1) is 0 Å². The molecule has 6 heteroatoms. The van der Waals surface area contributed by atoms with Crippen molar-refractivity contribution in [2.24, 2.45) is 10.9 Å². The Morgan fingerprint density at radius 3 is 2.38 bits per heavy atom. The van der Waals surface area contributed by atoms with Crippen molar-refractivity contribution < 1.29 is 13.0 Å². The third-order valence-corrected chi connectivity index (χ3v) is 0.961.